The van der Waals surface area contributed by atoms with Gasteiger partial charge in [-0.2, -0.15) is 0 Å². The van der Waals surface area contributed by atoms with Crippen molar-refractivity contribution in [2.45, 2.75) is 0 Å². The van der Waals surface area contributed by atoms with Crippen LogP contribution in [0.2, 0.25) is 0 Å². The molecule has 1 aliphatic rings. The summed E-state index contributed by atoms with van der Waals surface area (Å²) in [6, 6.07) is 16.9. The van der Waals surface area contributed by atoms with E-state index in [4.69, 9.17) is 4.74 Å². The van der Waals surface area contributed by atoms with E-state index in [0.717, 1.165) is 17.1 Å². The Hall–Kier alpha value is -4.77. The number of benzene rings is 2. The SMILES string of the molecule is Fc1cc(-c2ccnc(Nc3ccc(-n4cnc(-c5ncccc5F)n4)cc3)n2)cc(N2CCOCC2)c1. The molecule has 3 aromatic heterocycles. The second kappa shape index (κ2) is 10.3. The highest BCUT2D eigenvalue weighted by Crippen LogP contribution is 2.27. The predicted molar refractivity (Wildman–Crippen MR) is 138 cm³/mol. The van der Waals surface area contributed by atoms with Crippen molar-refractivity contribution in [1.82, 2.24) is 29.7 Å². The molecule has 190 valence electrons. The van der Waals surface area contributed by atoms with E-state index in [1.54, 1.807) is 16.9 Å². The Morgan fingerprint density at radius 1 is 0.842 bits per heavy atom. The lowest BCUT2D eigenvalue weighted by atomic mass is 10.1. The monoisotopic (exact) mass is 512 g/mol. The highest BCUT2D eigenvalue weighted by Gasteiger charge is 2.15. The molecule has 0 unspecified atom stereocenters. The van der Waals surface area contributed by atoms with Crippen LogP contribution in [0.4, 0.5) is 26.1 Å². The van der Waals surface area contributed by atoms with E-state index in [0.29, 0.717) is 43.5 Å². The van der Waals surface area contributed by atoms with Crippen molar-refractivity contribution in [3.63, 3.8) is 0 Å². The second-order valence-corrected chi connectivity index (χ2v) is 8.58. The highest BCUT2D eigenvalue weighted by molar-refractivity contribution is 5.67. The molecule has 0 saturated carbocycles. The molecule has 1 aliphatic heterocycles. The molecule has 0 bridgehead atoms. The van der Waals surface area contributed by atoms with Crippen LogP contribution in [-0.2, 0) is 4.74 Å². The summed E-state index contributed by atoms with van der Waals surface area (Å²) in [4.78, 5) is 19.2. The molecule has 1 fully saturated rings. The summed E-state index contributed by atoms with van der Waals surface area (Å²) in [7, 11) is 0. The minimum Gasteiger partial charge on any atom is -0.378 e. The van der Waals surface area contributed by atoms with Gasteiger partial charge in [-0.1, -0.05) is 0 Å². The summed E-state index contributed by atoms with van der Waals surface area (Å²) in [6.45, 7) is 2.66. The molecule has 2 aromatic carbocycles. The van der Waals surface area contributed by atoms with Crippen molar-refractivity contribution in [1.29, 1.82) is 0 Å². The van der Waals surface area contributed by atoms with Crippen LogP contribution in [-0.4, -0.2) is 56.0 Å². The van der Waals surface area contributed by atoms with E-state index in [-0.39, 0.29) is 17.3 Å². The fourth-order valence-electron chi connectivity index (χ4n) is 4.18. The Balaban J connectivity index is 1.19. The maximum absolute atomic E-state index is 14.5. The molecule has 38 heavy (non-hydrogen) atoms. The second-order valence-electron chi connectivity index (χ2n) is 8.58. The zero-order chi connectivity index (χ0) is 25.9. The number of hydrogen-bond donors (Lipinski definition) is 1. The van der Waals surface area contributed by atoms with Gasteiger partial charge in [0.2, 0.25) is 11.8 Å². The minimum atomic E-state index is -0.484. The van der Waals surface area contributed by atoms with E-state index in [2.05, 4.69) is 35.3 Å². The predicted octanol–water partition coefficient (Wildman–Crippen LogP) is 4.64. The molecule has 0 amide bonds. The van der Waals surface area contributed by atoms with Crippen molar-refractivity contribution in [2.75, 3.05) is 36.5 Å². The quantitative estimate of drug-likeness (QED) is 0.352. The van der Waals surface area contributed by atoms with E-state index in [9.17, 15) is 8.78 Å². The molecule has 0 radical (unpaired) electrons. The van der Waals surface area contributed by atoms with Crippen LogP contribution in [0, 0.1) is 11.6 Å². The zero-order valence-corrected chi connectivity index (χ0v) is 20.1. The third-order valence-electron chi connectivity index (χ3n) is 6.06. The number of anilines is 3. The first-order chi connectivity index (χ1) is 18.6. The number of nitrogens with one attached hydrogen (secondary N) is 1. The van der Waals surface area contributed by atoms with Gasteiger partial charge in [0, 0.05) is 42.4 Å². The number of nitrogens with zero attached hydrogens (tertiary/aromatic N) is 7. The summed E-state index contributed by atoms with van der Waals surface area (Å²) in [5.41, 5.74) is 3.64. The average molecular weight is 513 g/mol. The summed E-state index contributed by atoms with van der Waals surface area (Å²) in [6.07, 6.45) is 4.63. The van der Waals surface area contributed by atoms with Gasteiger partial charge < -0.3 is 15.0 Å². The molecule has 9 nitrogen and oxygen atoms in total. The molecule has 5 aromatic rings. The van der Waals surface area contributed by atoms with E-state index in [1.165, 1.54) is 36.8 Å². The van der Waals surface area contributed by atoms with Gasteiger partial charge in [-0.05, 0) is 60.7 Å². The first-order valence-electron chi connectivity index (χ1n) is 12.0. The molecule has 0 aliphatic carbocycles. The van der Waals surface area contributed by atoms with Crippen molar-refractivity contribution in [3.05, 3.63) is 91.0 Å². The van der Waals surface area contributed by atoms with Gasteiger partial charge in [0.05, 0.1) is 24.6 Å². The lowest BCUT2D eigenvalue weighted by Crippen LogP contribution is -2.36. The summed E-state index contributed by atoms with van der Waals surface area (Å²) in [5, 5.41) is 7.51. The van der Waals surface area contributed by atoms with Crippen molar-refractivity contribution in [3.8, 4) is 28.5 Å². The highest BCUT2D eigenvalue weighted by atomic mass is 19.1. The Labute approximate surface area is 216 Å². The fourth-order valence-corrected chi connectivity index (χ4v) is 4.18. The van der Waals surface area contributed by atoms with E-state index < -0.39 is 5.82 Å². The molecule has 0 atom stereocenters. The van der Waals surface area contributed by atoms with Gasteiger partial charge in [-0.15, -0.1) is 5.10 Å². The first kappa shape index (κ1) is 23.6. The Bertz CT molecular complexity index is 1570. The number of morpholine rings is 1. The van der Waals surface area contributed by atoms with Gasteiger partial charge in [0.15, 0.2) is 5.82 Å². The zero-order valence-electron chi connectivity index (χ0n) is 20.1. The summed E-state index contributed by atoms with van der Waals surface area (Å²) < 4.78 is 35.4. The topological polar surface area (TPSA) is 93.9 Å². The van der Waals surface area contributed by atoms with Crippen LogP contribution in [0.1, 0.15) is 0 Å². The Kier molecular flexibility index (Phi) is 6.40. The molecular formula is C27H22F2N8O. The molecule has 1 saturated heterocycles. The number of aromatic nitrogens is 6. The Morgan fingerprint density at radius 2 is 1.68 bits per heavy atom. The van der Waals surface area contributed by atoms with Crippen LogP contribution in [0.25, 0.3) is 28.5 Å². The van der Waals surface area contributed by atoms with Crippen LogP contribution in [0.3, 0.4) is 0 Å². The van der Waals surface area contributed by atoms with Crippen LogP contribution in [0.5, 0.6) is 0 Å². The number of rotatable bonds is 6. The van der Waals surface area contributed by atoms with Gasteiger partial charge in [0.1, 0.15) is 17.8 Å². The smallest absolute Gasteiger partial charge is 0.227 e. The molecule has 11 heteroatoms. The minimum absolute atomic E-state index is 0.0944. The molecule has 4 heterocycles. The van der Waals surface area contributed by atoms with Crippen LogP contribution in [0.15, 0.2) is 79.4 Å². The number of hydrogen-bond acceptors (Lipinski definition) is 8. The lowest BCUT2D eigenvalue weighted by Gasteiger charge is -2.29. The maximum atomic E-state index is 14.5. The third-order valence-corrected chi connectivity index (χ3v) is 6.06. The number of halogens is 2. The number of pyridine rings is 1. The average Bonchev–Trinajstić information content (AvgIpc) is 3.44. The van der Waals surface area contributed by atoms with E-state index >= 15 is 0 Å². The van der Waals surface area contributed by atoms with Gasteiger partial charge in [-0.3, -0.25) is 0 Å². The Morgan fingerprint density at radius 3 is 2.50 bits per heavy atom. The third kappa shape index (κ3) is 5.04. The fraction of sp³-hybridized carbons (Fsp3) is 0.148. The molecule has 1 N–H and O–H groups in total. The summed E-state index contributed by atoms with van der Waals surface area (Å²) >= 11 is 0. The van der Waals surface area contributed by atoms with Gasteiger partial charge in [-0.25, -0.2) is 33.4 Å². The maximum Gasteiger partial charge on any atom is 0.227 e. The lowest BCUT2D eigenvalue weighted by molar-refractivity contribution is 0.122. The largest absolute Gasteiger partial charge is 0.378 e. The van der Waals surface area contributed by atoms with Crippen LogP contribution >= 0.6 is 0 Å². The van der Waals surface area contributed by atoms with Crippen molar-refractivity contribution in [2.24, 2.45) is 0 Å². The first-order valence-corrected chi connectivity index (χ1v) is 12.0. The van der Waals surface area contributed by atoms with Crippen molar-refractivity contribution >= 4 is 17.3 Å². The van der Waals surface area contributed by atoms with Gasteiger partial charge in [0.25, 0.3) is 0 Å². The number of ether oxygens (including phenoxy) is 1. The van der Waals surface area contributed by atoms with Crippen LogP contribution < -0.4 is 10.2 Å². The molecular weight excluding hydrogens is 490 g/mol. The van der Waals surface area contributed by atoms with Crippen molar-refractivity contribution < 1.29 is 13.5 Å². The van der Waals surface area contributed by atoms with Gasteiger partial charge >= 0.3 is 0 Å². The standard InChI is InChI=1S/C27H22F2N8O/c28-19-14-18(15-22(16-19)36-10-12-38-13-11-36)24-7-9-31-27(34-24)33-20-3-5-21(6-4-20)37-17-32-26(35-37)25-23(29)2-1-8-30-25/h1-9,14-17H,10-13H2,(H,31,33,34). The molecule has 6 rings (SSSR count). The molecule has 0 spiro atoms. The summed E-state index contributed by atoms with van der Waals surface area (Å²) in [5.74, 6) is -0.233. The van der Waals surface area contributed by atoms with E-state index in [1.807, 2.05) is 30.3 Å². The normalized spacial score (nSPS) is 13.5.